The normalized spacial score (nSPS) is 17.1. The fraction of sp³-hybridized carbons (Fsp3) is 0.458. The van der Waals surface area contributed by atoms with E-state index in [0.717, 1.165) is 25.1 Å². The van der Waals surface area contributed by atoms with Gasteiger partial charge in [0.1, 0.15) is 5.75 Å². The molecule has 0 aliphatic carbocycles. The van der Waals surface area contributed by atoms with Gasteiger partial charge < -0.3 is 14.5 Å². The van der Waals surface area contributed by atoms with Gasteiger partial charge in [0, 0.05) is 36.3 Å². The van der Waals surface area contributed by atoms with Gasteiger partial charge in [-0.25, -0.2) is 0 Å². The summed E-state index contributed by atoms with van der Waals surface area (Å²) in [6, 6.07) is 15.8. The topological polar surface area (TPSA) is 32.8 Å². The quantitative estimate of drug-likeness (QED) is 0.591. The molecular weight excluding hydrogens is 384 g/mol. The maximum Gasteiger partial charge on any atom is 0.254 e. The zero-order valence-corrected chi connectivity index (χ0v) is 18.2. The number of amides is 1. The van der Waals surface area contributed by atoms with Crippen molar-refractivity contribution in [3.8, 4) is 5.75 Å². The van der Waals surface area contributed by atoms with Crippen molar-refractivity contribution in [3.05, 3.63) is 64.7 Å². The predicted octanol–water partition coefficient (Wildman–Crippen LogP) is 5.26. The van der Waals surface area contributed by atoms with E-state index >= 15 is 0 Å². The highest BCUT2D eigenvalue weighted by molar-refractivity contribution is 6.30. The molecule has 156 valence electrons. The molecule has 1 unspecified atom stereocenters. The van der Waals surface area contributed by atoms with E-state index in [9.17, 15) is 4.79 Å². The Morgan fingerprint density at radius 3 is 2.72 bits per heavy atom. The van der Waals surface area contributed by atoms with Gasteiger partial charge in [0.15, 0.2) is 0 Å². The summed E-state index contributed by atoms with van der Waals surface area (Å²) >= 11 is 6.02. The summed E-state index contributed by atoms with van der Waals surface area (Å²) in [5, 5.41) is 0.707. The van der Waals surface area contributed by atoms with Crippen LogP contribution in [0.3, 0.4) is 0 Å². The second-order valence-electron chi connectivity index (χ2n) is 7.82. The number of methoxy groups -OCH3 is 1. The van der Waals surface area contributed by atoms with Gasteiger partial charge >= 0.3 is 0 Å². The maximum absolute atomic E-state index is 13.3. The van der Waals surface area contributed by atoms with Crippen molar-refractivity contribution in [3.63, 3.8) is 0 Å². The Morgan fingerprint density at radius 2 is 2.00 bits per heavy atom. The van der Waals surface area contributed by atoms with E-state index in [2.05, 4.69) is 11.8 Å². The van der Waals surface area contributed by atoms with E-state index in [4.69, 9.17) is 16.3 Å². The van der Waals surface area contributed by atoms with Gasteiger partial charge in [0.2, 0.25) is 0 Å². The molecule has 0 bridgehead atoms. The number of ether oxygens (including phenoxy) is 1. The second-order valence-corrected chi connectivity index (χ2v) is 8.26. The van der Waals surface area contributed by atoms with Crippen LogP contribution in [-0.2, 0) is 6.54 Å². The molecule has 0 N–H and O–H groups in total. The van der Waals surface area contributed by atoms with Gasteiger partial charge in [-0.3, -0.25) is 4.79 Å². The van der Waals surface area contributed by atoms with Crippen LogP contribution in [0.4, 0.5) is 0 Å². The zero-order valence-electron chi connectivity index (χ0n) is 17.4. The number of hydrogen-bond acceptors (Lipinski definition) is 3. The van der Waals surface area contributed by atoms with E-state index in [1.165, 1.54) is 25.8 Å². The van der Waals surface area contributed by atoms with Gasteiger partial charge in [0.25, 0.3) is 5.91 Å². The molecule has 0 spiro atoms. The van der Waals surface area contributed by atoms with E-state index in [1.807, 2.05) is 53.4 Å². The SMILES string of the molecule is COc1cccc(C(=O)N(CCCN2CCCCC2C)Cc2ccc(Cl)cc2)c1. The lowest BCUT2D eigenvalue weighted by Gasteiger charge is -2.34. The third-order valence-corrected chi connectivity index (χ3v) is 5.96. The summed E-state index contributed by atoms with van der Waals surface area (Å²) in [7, 11) is 1.62. The van der Waals surface area contributed by atoms with Crippen LogP contribution < -0.4 is 4.74 Å². The molecule has 1 fully saturated rings. The molecule has 3 rings (SSSR count). The first kappa shape index (κ1) is 21.7. The van der Waals surface area contributed by atoms with Gasteiger partial charge in [0.05, 0.1) is 7.11 Å². The first-order chi connectivity index (χ1) is 14.1. The van der Waals surface area contributed by atoms with Crippen LogP contribution in [0.2, 0.25) is 5.02 Å². The highest BCUT2D eigenvalue weighted by atomic mass is 35.5. The lowest BCUT2D eigenvalue weighted by Crippen LogP contribution is -2.40. The van der Waals surface area contributed by atoms with Crippen LogP contribution in [0.15, 0.2) is 48.5 Å². The Bertz CT molecular complexity index is 794. The van der Waals surface area contributed by atoms with Crippen molar-refractivity contribution in [1.29, 1.82) is 0 Å². The van der Waals surface area contributed by atoms with Gasteiger partial charge in [-0.2, -0.15) is 0 Å². The molecule has 2 aromatic rings. The van der Waals surface area contributed by atoms with Crippen molar-refractivity contribution < 1.29 is 9.53 Å². The summed E-state index contributed by atoms with van der Waals surface area (Å²) < 4.78 is 5.30. The number of halogens is 1. The van der Waals surface area contributed by atoms with Gasteiger partial charge in [-0.1, -0.05) is 36.2 Å². The monoisotopic (exact) mass is 414 g/mol. The van der Waals surface area contributed by atoms with E-state index in [1.54, 1.807) is 7.11 Å². The minimum Gasteiger partial charge on any atom is -0.497 e. The van der Waals surface area contributed by atoms with Crippen molar-refractivity contribution >= 4 is 17.5 Å². The van der Waals surface area contributed by atoms with Crippen molar-refractivity contribution in [2.24, 2.45) is 0 Å². The number of rotatable bonds is 8. The molecular formula is C24H31ClN2O2. The highest BCUT2D eigenvalue weighted by Gasteiger charge is 2.20. The average Bonchev–Trinajstić information content (AvgIpc) is 2.75. The molecule has 1 saturated heterocycles. The average molecular weight is 415 g/mol. The van der Waals surface area contributed by atoms with Crippen LogP contribution in [0.25, 0.3) is 0 Å². The minimum atomic E-state index is 0.0329. The largest absolute Gasteiger partial charge is 0.497 e. The van der Waals surface area contributed by atoms with Gasteiger partial charge in [-0.05, 0) is 68.6 Å². The van der Waals surface area contributed by atoms with Crippen LogP contribution in [0.1, 0.15) is 48.5 Å². The second kappa shape index (κ2) is 10.7. The lowest BCUT2D eigenvalue weighted by molar-refractivity contribution is 0.0726. The van der Waals surface area contributed by atoms with Crippen molar-refractivity contribution in [2.45, 2.75) is 45.2 Å². The van der Waals surface area contributed by atoms with Gasteiger partial charge in [-0.15, -0.1) is 0 Å². The smallest absolute Gasteiger partial charge is 0.254 e. The molecule has 1 aliphatic heterocycles. The molecule has 1 heterocycles. The number of carbonyl (C=O) groups excluding carboxylic acids is 1. The maximum atomic E-state index is 13.3. The predicted molar refractivity (Wildman–Crippen MR) is 119 cm³/mol. The highest BCUT2D eigenvalue weighted by Crippen LogP contribution is 2.19. The Kier molecular flexibility index (Phi) is 7.96. The molecule has 0 radical (unpaired) electrons. The summed E-state index contributed by atoms with van der Waals surface area (Å²) in [4.78, 5) is 17.8. The Hall–Kier alpha value is -2.04. The molecule has 0 aromatic heterocycles. The zero-order chi connectivity index (χ0) is 20.6. The fourth-order valence-corrected chi connectivity index (χ4v) is 4.08. The number of benzene rings is 2. The molecule has 1 amide bonds. The Labute approximate surface area is 179 Å². The molecule has 0 saturated carbocycles. The summed E-state index contributed by atoms with van der Waals surface area (Å²) in [6.45, 7) is 5.81. The van der Waals surface area contributed by atoms with Crippen LogP contribution in [-0.4, -0.2) is 48.5 Å². The number of nitrogens with zero attached hydrogens (tertiary/aromatic N) is 2. The number of likely N-dealkylation sites (tertiary alicyclic amines) is 1. The summed E-state index contributed by atoms with van der Waals surface area (Å²) in [5.74, 6) is 0.731. The lowest BCUT2D eigenvalue weighted by atomic mass is 10.0. The molecule has 5 heteroatoms. The summed E-state index contributed by atoms with van der Waals surface area (Å²) in [5.41, 5.74) is 1.74. The standard InChI is InChI=1S/C24H31ClN2O2/c1-19-7-3-4-14-26(19)15-6-16-27(18-20-10-12-22(25)13-11-20)24(28)21-8-5-9-23(17-21)29-2/h5,8-13,17,19H,3-4,6-7,14-16,18H2,1-2H3. The van der Waals surface area contributed by atoms with E-state index < -0.39 is 0 Å². The van der Waals surface area contributed by atoms with E-state index in [0.29, 0.717) is 28.9 Å². The van der Waals surface area contributed by atoms with Crippen LogP contribution in [0, 0.1) is 0 Å². The Balaban J connectivity index is 1.69. The molecule has 1 atom stereocenters. The first-order valence-electron chi connectivity index (χ1n) is 10.5. The molecule has 4 nitrogen and oxygen atoms in total. The van der Waals surface area contributed by atoms with E-state index in [-0.39, 0.29) is 5.91 Å². The summed E-state index contributed by atoms with van der Waals surface area (Å²) in [6.07, 6.45) is 4.85. The van der Waals surface area contributed by atoms with Crippen molar-refractivity contribution in [2.75, 3.05) is 26.7 Å². The number of piperidine rings is 1. The molecule has 1 aliphatic rings. The van der Waals surface area contributed by atoms with Crippen LogP contribution >= 0.6 is 11.6 Å². The van der Waals surface area contributed by atoms with Crippen LogP contribution in [0.5, 0.6) is 5.75 Å². The Morgan fingerprint density at radius 1 is 1.21 bits per heavy atom. The first-order valence-corrected chi connectivity index (χ1v) is 10.9. The third-order valence-electron chi connectivity index (χ3n) is 5.70. The fourth-order valence-electron chi connectivity index (χ4n) is 3.96. The minimum absolute atomic E-state index is 0.0329. The number of hydrogen-bond donors (Lipinski definition) is 0. The van der Waals surface area contributed by atoms with Crippen molar-refractivity contribution in [1.82, 2.24) is 9.80 Å². The third kappa shape index (κ3) is 6.22. The molecule has 2 aromatic carbocycles. The molecule has 29 heavy (non-hydrogen) atoms. The number of carbonyl (C=O) groups is 1.